The molecule has 2 fully saturated rings. The van der Waals surface area contributed by atoms with Crippen LogP contribution in [-0.2, 0) is 14.8 Å². The molecule has 1 saturated carbocycles. The second-order valence-electron chi connectivity index (χ2n) is 15.9. The average molecular weight is 690 g/mol. The summed E-state index contributed by atoms with van der Waals surface area (Å²) in [5.41, 5.74) is 2.41. The first-order valence-corrected chi connectivity index (χ1v) is 18.4. The Hall–Kier alpha value is -4.19. The van der Waals surface area contributed by atoms with Crippen LogP contribution in [0.25, 0.3) is 11.3 Å². The van der Waals surface area contributed by atoms with Crippen molar-refractivity contribution in [3.05, 3.63) is 65.2 Å². The van der Waals surface area contributed by atoms with Crippen LogP contribution in [-0.4, -0.2) is 76.6 Å². The van der Waals surface area contributed by atoms with E-state index >= 15 is 0 Å². The normalized spacial score (nSPS) is 23.6. The second kappa shape index (κ2) is 12.3. The van der Waals surface area contributed by atoms with Gasteiger partial charge in [0.15, 0.2) is 0 Å². The van der Waals surface area contributed by atoms with E-state index in [1.165, 1.54) is 12.1 Å². The Bertz CT molecular complexity index is 1870. The van der Waals surface area contributed by atoms with Gasteiger partial charge >= 0.3 is 6.09 Å². The number of carbonyl (C=O) groups is 2. The number of sulfonamides is 1. The highest BCUT2D eigenvalue weighted by molar-refractivity contribution is 7.92. The van der Waals surface area contributed by atoms with Gasteiger partial charge in [-0.15, -0.1) is 0 Å². The van der Waals surface area contributed by atoms with Crippen LogP contribution in [0.1, 0.15) is 88.7 Å². The molecule has 1 saturated heterocycles. The molecule has 4 bridgehead atoms. The first-order chi connectivity index (χ1) is 22.8. The van der Waals surface area contributed by atoms with Crippen LogP contribution >= 0.6 is 0 Å². The smallest absolute Gasteiger partial charge is 0.410 e. The zero-order valence-corrected chi connectivity index (χ0v) is 30.5. The fraction of sp³-hybridized carbons (Fsp3) is 0.514. The molecule has 1 atom stereocenters. The van der Waals surface area contributed by atoms with E-state index < -0.39 is 15.6 Å². The summed E-state index contributed by atoms with van der Waals surface area (Å²) in [7, 11) is -4.18. The minimum absolute atomic E-state index is 0.0753. The van der Waals surface area contributed by atoms with Gasteiger partial charge in [0.2, 0.25) is 11.8 Å². The van der Waals surface area contributed by atoms with E-state index in [-0.39, 0.29) is 63.9 Å². The third-order valence-corrected chi connectivity index (χ3v) is 10.9. The Kier molecular flexibility index (Phi) is 8.70. The molecule has 3 heterocycles. The summed E-state index contributed by atoms with van der Waals surface area (Å²) in [5, 5.41) is 0. The molecule has 11 nitrogen and oxygen atoms in total. The lowest BCUT2D eigenvalue weighted by atomic mass is 9.64. The maximum Gasteiger partial charge on any atom is 0.410 e. The van der Waals surface area contributed by atoms with Crippen molar-refractivity contribution in [1.82, 2.24) is 19.8 Å². The van der Waals surface area contributed by atoms with Gasteiger partial charge in [-0.3, -0.25) is 4.79 Å². The van der Waals surface area contributed by atoms with E-state index in [1.54, 1.807) is 23.1 Å². The first-order valence-electron chi connectivity index (χ1n) is 16.9. The van der Waals surface area contributed by atoms with Crippen molar-refractivity contribution in [2.45, 2.75) is 109 Å². The number of nitrogens with one attached hydrogen (secondary N) is 1. The number of rotatable bonds is 3. The summed E-state index contributed by atoms with van der Waals surface area (Å²) in [6, 6.07) is 13.1. The number of nitrogens with zero attached hydrogens (tertiary/aromatic N) is 4. The Morgan fingerprint density at radius 3 is 2.31 bits per heavy atom. The highest BCUT2D eigenvalue weighted by Gasteiger charge is 2.59. The van der Waals surface area contributed by atoms with Gasteiger partial charge in [0.05, 0.1) is 22.2 Å². The molecule has 1 N–H and O–H groups in total. The number of hydrogen-bond donors (Lipinski definition) is 1. The van der Waals surface area contributed by atoms with Gasteiger partial charge in [0.1, 0.15) is 12.2 Å². The van der Waals surface area contributed by atoms with Crippen molar-refractivity contribution in [3.8, 4) is 17.1 Å². The van der Waals surface area contributed by atoms with Crippen LogP contribution in [0.15, 0.2) is 53.4 Å². The maximum absolute atomic E-state index is 14.6. The Morgan fingerprint density at radius 1 is 1.02 bits per heavy atom. The van der Waals surface area contributed by atoms with Crippen molar-refractivity contribution >= 4 is 28.0 Å². The van der Waals surface area contributed by atoms with Gasteiger partial charge in [0.25, 0.3) is 15.9 Å². The standard InChI is InChI=1S/C37H47N5O6S/c1-23-11-9-12-24(2)31(23)29-18-30-39-33(38-29)40-49(45,46)28-14-10-13-25(17-28)32(43)42(27(22-47-30)19-35(3,4)5)26-20-37(21-26)15-16-41(37)34(44)48-36(6,7)8/h9-14,17-18,26-27H,15-16,19-22H2,1-8H3,(H,38,39,40)/t26?,27-,37?/m1/s1. The number of aromatic nitrogens is 2. The summed E-state index contributed by atoms with van der Waals surface area (Å²) in [5.74, 6) is -0.211. The number of benzene rings is 2. The highest BCUT2D eigenvalue weighted by atomic mass is 32.2. The van der Waals surface area contributed by atoms with Crippen LogP contribution < -0.4 is 9.46 Å². The molecule has 49 heavy (non-hydrogen) atoms. The zero-order chi connectivity index (χ0) is 35.5. The van der Waals surface area contributed by atoms with Gasteiger partial charge in [-0.2, -0.15) is 4.98 Å². The van der Waals surface area contributed by atoms with E-state index in [4.69, 9.17) is 9.47 Å². The minimum Gasteiger partial charge on any atom is -0.475 e. The van der Waals surface area contributed by atoms with Gasteiger partial charge in [-0.05, 0) is 95.0 Å². The van der Waals surface area contributed by atoms with E-state index in [9.17, 15) is 18.0 Å². The first kappa shape index (κ1) is 34.7. The Labute approximate surface area is 289 Å². The van der Waals surface area contributed by atoms with Crippen LogP contribution in [0.5, 0.6) is 5.88 Å². The number of amides is 2. The number of ether oxygens (including phenoxy) is 2. The number of aryl methyl sites for hydroxylation is 2. The van der Waals surface area contributed by atoms with Crippen LogP contribution in [0, 0.1) is 19.3 Å². The molecule has 3 aromatic rings. The lowest BCUT2D eigenvalue weighted by Crippen LogP contribution is -2.73. The molecule has 1 spiro atoms. The van der Waals surface area contributed by atoms with Crippen molar-refractivity contribution < 1.29 is 27.5 Å². The molecule has 262 valence electrons. The van der Waals surface area contributed by atoms with Crippen molar-refractivity contribution in [2.75, 3.05) is 17.9 Å². The van der Waals surface area contributed by atoms with Crippen LogP contribution in [0.3, 0.4) is 0 Å². The molecule has 1 aliphatic carbocycles. The predicted molar refractivity (Wildman–Crippen MR) is 187 cm³/mol. The largest absolute Gasteiger partial charge is 0.475 e. The van der Waals surface area contributed by atoms with E-state index in [1.807, 2.05) is 57.7 Å². The summed E-state index contributed by atoms with van der Waals surface area (Å²) in [4.78, 5) is 40.4. The summed E-state index contributed by atoms with van der Waals surface area (Å²) >= 11 is 0. The zero-order valence-electron chi connectivity index (χ0n) is 29.7. The summed E-state index contributed by atoms with van der Waals surface area (Å²) in [6.07, 6.45) is 2.28. The molecule has 12 heteroatoms. The maximum atomic E-state index is 14.6. The second-order valence-corrected chi connectivity index (χ2v) is 17.6. The van der Waals surface area contributed by atoms with Gasteiger partial charge in [0, 0.05) is 29.8 Å². The van der Waals surface area contributed by atoms with Crippen molar-refractivity contribution in [3.63, 3.8) is 0 Å². The van der Waals surface area contributed by atoms with Crippen molar-refractivity contribution in [2.24, 2.45) is 5.41 Å². The number of hydrogen-bond acceptors (Lipinski definition) is 8. The van der Waals surface area contributed by atoms with E-state index in [2.05, 4.69) is 35.5 Å². The quantitative estimate of drug-likeness (QED) is 0.320. The average Bonchev–Trinajstić information content (AvgIpc) is 2.94. The summed E-state index contributed by atoms with van der Waals surface area (Å²) in [6.45, 7) is 16.6. The number of likely N-dealkylation sites (tertiary alicyclic amines) is 1. The molecule has 1 aromatic heterocycles. The van der Waals surface area contributed by atoms with Gasteiger partial charge in [-0.1, -0.05) is 45.0 Å². The molecule has 2 aliphatic heterocycles. The molecule has 3 aliphatic rings. The van der Waals surface area contributed by atoms with Crippen LogP contribution in [0.2, 0.25) is 0 Å². The molecular formula is C37H47N5O6S. The lowest BCUT2D eigenvalue weighted by Gasteiger charge is -2.63. The molecule has 0 radical (unpaired) electrons. The van der Waals surface area contributed by atoms with E-state index in [0.29, 0.717) is 31.5 Å². The minimum atomic E-state index is -4.18. The van der Waals surface area contributed by atoms with Crippen LogP contribution in [0.4, 0.5) is 10.7 Å². The molecule has 6 rings (SSSR count). The number of anilines is 1. The van der Waals surface area contributed by atoms with Crippen molar-refractivity contribution in [1.29, 1.82) is 0 Å². The predicted octanol–water partition coefficient (Wildman–Crippen LogP) is 6.74. The van der Waals surface area contributed by atoms with E-state index in [0.717, 1.165) is 23.1 Å². The number of fused-ring (bicyclic) bond motifs is 4. The molecule has 2 aromatic carbocycles. The Morgan fingerprint density at radius 2 is 1.69 bits per heavy atom. The topological polar surface area (TPSA) is 131 Å². The SMILES string of the molecule is Cc1cccc(C)c1-c1cc2nc(n1)NS(=O)(=O)c1cccc(c1)C(=O)N(C1CC3(CCN3C(=O)OC(C)(C)C)C1)[C@H](CC(C)(C)C)CO2. The third-order valence-electron chi connectivity index (χ3n) is 9.57. The fourth-order valence-electron chi connectivity index (χ4n) is 7.35. The number of carbonyl (C=O) groups excluding carboxylic acids is 2. The Balaban J connectivity index is 1.42. The molecular weight excluding hydrogens is 643 g/mol. The summed E-state index contributed by atoms with van der Waals surface area (Å²) < 4.78 is 42.1. The molecule has 0 unspecified atom stereocenters. The molecule has 2 amide bonds. The third kappa shape index (κ3) is 7.11. The lowest BCUT2D eigenvalue weighted by molar-refractivity contribution is -0.115. The highest BCUT2D eigenvalue weighted by Crippen LogP contribution is 2.51. The van der Waals surface area contributed by atoms with Gasteiger partial charge < -0.3 is 19.3 Å². The fourth-order valence-corrected chi connectivity index (χ4v) is 8.34. The monoisotopic (exact) mass is 689 g/mol. The van der Waals surface area contributed by atoms with Gasteiger partial charge in [-0.25, -0.2) is 22.9 Å².